The number of benzene rings is 2. The molecule has 0 unspecified atom stereocenters. The molecule has 1 heterocycles. The van der Waals surface area contributed by atoms with E-state index in [4.69, 9.17) is 23.2 Å². The van der Waals surface area contributed by atoms with Crippen molar-refractivity contribution in [2.24, 2.45) is 0 Å². The number of hydrogen-bond donors (Lipinski definition) is 2. The Morgan fingerprint density at radius 1 is 1.17 bits per heavy atom. The Kier molecular flexibility index (Phi) is 6.94. The summed E-state index contributed by atoms with van der Waals surface area (Å²) in [7, 11) is -4.00. The Balaban J connectivity index is 1.60. The molecule has 1 fully saturated rings. The third-order valence-electron chi connectivity index (χ3n) is 4.73. The van der Waals surface area contributed by atoms with Crippen molar-refractivity contribution in [3.8, 4) is 0 Å². The average Bonchev–Trinajstić information content (AvgIpc) is 2.70. The number of nitrogens with one attached hydrogen (secondary N) is 2. The second kappa shape index (κ2) is 9.27. The van der Waals surface area contributed by atoms with E-state index in [9.17, 15) is 23.3 Å². The number of anilines is 1. The lowest BCUT2D eigenvalue weighted by atomic mass is 10.3. The van der Waals surface area contributed by atoms with Crippen molar-refractivity contribution in [3.63, 3.8) is 0 Å². The molecule has 1 saturated heterocycles. The van der Waals surface area contributed by atoms with Crippen LogP contribution in [0.4, 0.5) is 11.4 Å². The number of amides is 1. The molecule has 0 spiro atoms. The first kappa shape index (κ1) is 22.4. The summed E-state index contributed by atoms with van der Waals surface area (Å²) in [4.78, 5) is 23.3. The fourth-order valence-corrected chi connectivity index (χ4v) is 5.25. The van der Waals surface area contributed by atoms with Crippen LogP contribution in [0.15, 0.2) is 47.4 Å². The maximum absolute atomic E-state index is 12.9. The van der Waals surface area contributed by atoms with E-state index in [1.807, 2.05) is 0 Å². The summed E-state index contributed by atoms with van der Waals surface area (Å²) in [5.41, 5.74) is -0.00503. The van der Waals surface area contributed by atoms with Gasteiger partial charge >= 0.3 is 0 Å². The highest BCUT2D eigenvalue weighted by Gasteiger charge is 2.35. The van der Waals surface area contributed by atoms with Gasteiger partial charge in [0, 0.05) is 11.1 Å². The molecular weight excluding hydrogens is 455 g/mol. The van der Waals surface area contributed by atoms with Crippen LogP contribution in [-0.2, 0) is 14.8 Å². The summed E-state index contributed by atoms with van der Waals surface area (Å²) in [5, 5.41) is 14.7. The van der Waals surface area contributed by atoms with E-state index in [0.29, 0.717) is 28.8 Å². The maximum atomic E-state index is 12.9. The topological polar surface area (TPSA) is 114 Å². The molecule has 0 saturated carbocycles. The van der Waals surface area contributed by atoms with E-state index >= 15 is 0 Å². The standard InChI is InChI=1S/C18H18Cl2N4O5S/c19-13-5-6-15(14(20)11-13)21-18(25)12-22-7-9-23(10-8-22)30(28,29)17-4-2-1-3-16(17)24(26)27/h1-6,11H,7-10,12H2,(H,21,25)/p+1. The van der Waals surface area contributed by atoms with Crippen LogP contribution in [0.2, 0.25) is 10.0 Å². The van der Waals surface area contributed by atoms with E-state index in [2.05, 4.69) is 5.32 Å². The molecule has 0 radical (unpaired) electrons. The number of quaternary nitrogens is 1. The zero-order chi connectivity index (χ0) is 21.9. The predicted molar refractivity (Wildman–Crippen MR) is 113 cm³/mol. The van der Waals surface area contributed by atoms with Crippen LogP contribution < -0.4 is 10.2 Å². The smallest absolute Gasteiger partial charge is 0.289 e. The molecule has 2 aromatic rings. The van der Waals surface area contributed by atoms with Crippen molar-refractivity contribution < 1.29 is 23.0 Å². The summed E-state index contributed by atoms with van der Waals surface area (Å²) < 4.78 is 26.9. The fourth-order valence-electron chi connectivity index (χ4n) is 3.20. The lowest BCUT2D eigenvalue weighted by molar-refractivity contribution is -0.895. The van der Waals surface area contributed by atoms with Gasteiger partial charge in [0.1, 0.15) is 0 Å². The molecule has 2 aromatic carbocycles. The molecule has 1 aliphatic heterocycles. The van der Waals surface area contributed by atoms with E-state index in [-0.39, 0.29) is 30.4 Å². The number of hydrogen-bond acceptors (Lipinski definition) is 5. The lowest BCUT2D eigenvalue weighted by Crippen LogP contribution is -3.15. The van der Waals surface area contributed by atoms with Gasteiger partial charge in [0.15, 0.2) is 11.4 Å². The number of piperazine rings is 1. The van der Waals surface area contributed by atoms with Gasteiger partial charge in [-0.25, -0.2) is 8.42 Å². The van der Waals surface area contributed by atoms with E-state index in [1.54, 1.807) is 12.1 Å². The summed E-state index contributed by atoms with van der Waals surface area (Å²) in [6.07, 6.45) is 0. The van der Waals surface area contributed by atoms with Crippen molar-refractivity contribution in [2.75, 3.05) is 38.0 Å². The minimum Gasteiger partial charge on any atom is -0.325 e. The van der Waals surface area contributed by atoms with E-state index in [0.717, 1.165) is 4.90 Å². The number of sulfonamides is 1. The number of carbonyl (C=O) groups excluding carboxylic acids is 1. The minimum atomic E-state index is -4.00. The highest BCUT2D eigenvalue weighted by atomic mass is 35.5. The molecule has 1 amide bonds. The van der Waals surface area contributed by atoms with Crippen LogP contribution in [-0.4, -0.2) is 56.3 Å². The molecule has 160 valence electrons. The van der Waals surface area contributed by atoms with Crippen LogP contribution in [0.5, 0.6) is 0 Å². The van der Waals surface area contributed by atoms with Crippen molar-refractivity contribution in [3.05, 3.63) is 62.6 Å². The Morgan fingerprint density at radius 2 is 1.83 bits per heavy atom. The lowest BCUT2D eigenvalue weighted by Gasteiger charge is -2.31. The number of carbonyl (C=O) groups is 1. The summed E-state index contributed by atoms with van der Waals surface area (Å²) in [6, 6.07) is 10.0. The molecule has 9 nitrogen and oxygen atoms in total. The molecule has 1 aliphatic rings. The number of rotatable bonds is 6. The van der Waals surface area contributed by atoms with Gasteiger partial charge in [-0.05, 0) is 24.3 Å². The molecule has 12 heteroatoms. The molecule has 0 aliphatic carbocycles. The van der Waals surface area contributed by atoms with Crippen molar-refractivity contribution in [2.45, 2.75) is 4.90 Å². The summed E-state index contributed by atoms with van der Waals surface area (Å²) in [5.74, 6) is -0.260. The first-order chi connectivity index (χ1) is 14.2. The van der Waals surface area contributed by atoms with Crippen LogP contribution in [0, 0.1) is 10.1 Å². The second-order valence-corrected chi connectivity index (χ2v) is 9.48. The first-order valence-corrected chi connectivity index (χ1v) is 11.2. The van der Waals surface area contributed by atoms with Crippen molar-refractivity contribution in [1.82, 2.24) is 4.31 Å². The monoisotopic (exact) mass is 473 g/mol. The Bertz CT molecular complexity index is 1070. The second-order valence-electron chi connectivity index (χ2n) is 6.73. The highest BCUT2D eigenvalue weighted by molar-refractivity contribution is 7.89. The fraction of sp³-hybridized carbons (Fsp3) is 0.278. The molecular formula is C18H19Cl2N4O5S+. The Labute approximate surface area is 183 Å². The van der Waals surface area contributed by atoms with Crippen molar-refractivity contribution in [1.29, 1.82) is 0 Å². The zero-order valence-electron chi connectivity index (χ0n) is 15.7. The van der Waals surface area contributed by atoms with Crippen LogP contribution in [0.1, 0.15) is 0 Å². The van der Waals surface area contributed by atoms with Crippen molar-refractivity contribution >= 4 is 50.5 Å². The normalized spacial score (nSPS) is 15.7. The molecule has 3 rings (SSSR count). The maximum Gasteiger partial charge on any atom is 0.289 e. The van der Waals surface area contributed by atoms with Gasteiger partial charge in [-0.3, -0.25) is 14.9 Å². The Morgan fingerprint density at radius 3 is 2.47 bits per heavy atom. The number of para-hydroxylation sites is 1. The largest absolute Gasteiger partial charge is 0.325 e. The van der Waals surface area contributed by atoms with Crippen LogP contribution >= 0.6 is 23.2 Å². The number of nitro benzene ring substituents is 1. The van der Waals surface area contributed by atoms with Gasteiger partial charge in [0.2, 0.25) is 10.0 Å². The van der Waals surface area contributed by atoms with Gasteiger partial charge in [-0.1, -0.05) is 35.3 Å². The van der Waals surface area contributed by atoms with Gasteiger partial charge in [0.25, 0.3) is 11.6 Å². The van der Waals surface area contributed by atoms with Gasteiger partial charge in [0.05, 0.1) is 41.8 Å². The first-order valence-electron chi connectivity index (χ1n) is 9.00. The van der Waals surface area contributed by atoms with E-state index in [1.165, 1.54) is 34.6 Å². The van der Waals surface area contributed by atoms with Gasteiger partial charge in [-0.2, -0.15) is 4.31 Å². The highest BCUT2D eigenvalue weighted by Crippen LogP contribution is 2.26. The Hall–Kier alpha value is -2.24. The SMILES string of the molecule is O=C(C[NH+]1CCN(S(=O)(=O)c2ccccc2[N+](=O)[O-])CC1)Nc1ccc(Cl)cc1Cl. The number of halogens is 2. The molecule has 0 bridgehead atoms. The quantitative estimate of drug-likeness (QED) is 0.486. The third kappa shape index (κ3) is 5.08. The van der Waals surface area contributed by atoms with Gasteiger partial charge in [-0.15, -0.1) is 0 Å². The van der Waals surface area contributed by atoms with Crippen LogP contribution in [0.3, 0.4) is 0 Å². The molecule has 30 heavy (non-hydrogen) atoms. The van der Waals surface area contributed by atoms with E-state index < -0.39 is 20.6 Å². The predicted octanol–water partition coefficient (Wildman–Crippen LogP) is 1.43. The van der Waals surface area contributed by atoms with Gasteiger partial charge < -0.3 is 10.2 Å². The molecule has 0 atom stereocenters. The summed E-state index contributed by atoms with van der Waals surface area (Å²) >= 11 is 11.9. The zero-order valence-corrected chi connectivity index (χ0v) is 18.0. The molecule has 0 aromatic heterocycles. The minimum absolute atomic E-state index is 0.137. The summed E-state index contributed by atoms with van der Waals surface area (Å²) in [6.45, 7) is 1.22. The number of nitro groups is 1. The number of nitrogens with zero attached hydrogens (tertiary/aromatic N) is 2. The van der Waals surface area contributed by atoms with Crippen LogP contribution in [0.25, 0.3) is 0 Å². The third-order valence-corrected chi connectivity index (χ3v) is 7.22. The molecule has 2 N–H and O–H groups in total. The average molecular weight is 474 g/mol.